The van der Waals surface area contributed by atoms with E-state index in [1.165, 1.54) is 12.3 Å². The third kappa shape index (κ3) is 3.51. The summed E-state index contributed by atoms with van der Waals surface area (Å²) in [6, 6.07) is 1.29. The van der Waals surface area contributed by atoms with Crippen LogP contribution in [0.4, 0.5) is 13.2 Å². The number of rotatable bonds is 3. The van der Waals surface area contributed by atoms with Gasteiger partial charge in [0.25, 0.3) is 0 Å². The summed E-state index contributed by atoms with van der Waals surface area (Å²) in [5.41, 5.74) is -0.295. The highest BCUT2D eigenvalue weighted by Gasteiger charge is 2.40. The molecule has 6 heteroatoms. The van der Waals surface area contributed by atoms with Crippen LogP contribution in [0.2, 0.25) is 0 Å². The highest BCUT2D eigenvalue weighted by molar-refractivity contribution is 5.15. The van der Waals surface area contributed by atoms with Crippen LogP contribution < -0.4 is 0 Å². The number of aliphatic hydroxyl groups is 1. The average Bonchev–Trinajstić information content (AvgIpc) is 2.83. The van der Waals surface area contributed by atoms with Gasteiger partial charge in [0.2, 0.25) is 0 Å². The fourth-order valence-corrected chi connectivity index (χ4v) is 2.36. The largest absolute Gasteiger partial charge is 0.418 e. The van der Waals surface area contributed by atoms with Gasteiger partial charge >= 0.3 is 6.18 Å². The van der Waals surface area contributed by atoms with Gasteiger partial charge in [0.05, 0.1) is 11.7 Å². The first-order valence-electron chi connectivity index (χ1n) is 6.26. The fourth-order valence-electron chi connectivity index (χ4n) is 2.36. The van der Waals surface area contributed by atoms with Gasteiger partial charge < -0.3 is 14.4 Å². The summed E-state index contributed by atoms with van der Waals surface area (Å²) in [6.07, 6.45) is -2.34. The maximum atomic E-state index is 12.4. The highest BCUT2D eigenvalue weighted by Crippen LogP contribution is 2.33. The summed E-state index contributed by atoms with van der Waals surface area (Å²) in [6.45, 7) is 4.51. The standard InChI is InChI=1S/C13H18F3NO2/c1-12(2)5-3-10(19-12)8-17-6-4-9(7-17)11(18)13(14,15)16/h4,6-7,10-11,18H,3,5,8H2,1-2H3. The topological polar surface area (TPSA) is 34.4 Å². The third-order valence-corrected chi connectivity index (χ3v) is 3.37. The number of aliphatic hydroxyl groups excluding tert-OH is 1. The lowest BCUT2D eigenvalue weighted by Crippen LogP contribution is -2.22. The van der Waals surface area contributed by atoms with Crippen molar-refractivity contribution in [1.82, 2.24) is 4.57 Å². The Labute approximate surface area is 110 Å². The fraction of sp³-hybridized carbons (Fsp3) is 0.692. The molecule has 1 aromatic heterocycles. The molecule has 1 saturated heterocycles. The van der Waals surface area contributed by atoms with Gasteiger partial charge in [-0.05, 0) is 32.8 Å². The van der Waals surface area contributed by atoms with Gasteiger partial charge in [-0.1, -0.05) is 0 Å². The smallest absolute Gasteiger partial charge is 0.379 e. The van der Waals surface area contributed by atoms with Crippen molar-refractivity contribution in [3.63, 3.8) is 0 Å². The lowest BCUT2D eigenvalue weighted by molar-refractivity contribution is -0.206. The molecule has 1 N–H and O–H groups in total. The number of halogens is 3. The Morgan fingerprint density at radius 3 is 2.74 bits per heavy atom. The predicted octanol–water partition coefficient (Wildman–Crippen LogP) is 3.04. The molecule has 0 bridgehead atoms. The van der Waals surface area contributed by atoms with Crippen LogP contribution in [0.25, 0.3) is 0 Å². The quantitative estimate of drug-likeness (QED) is 0.921. The molecule has 2 unspecified atom stereocenters. The first-order valence-corrected chi connectivity index (χ1v) is 6.26. The van der Waals surface area contributed by atoms with Gasteiger partial charge in [-0.15, -0.1) is 0 Å². The van der Waals surface area contributed by atoms with Crippen LogP contribution in [0.3, 0.4) is 0 Å². The Kier molecular flexibility index (Phi) is 3.66. The zero-order chi connectivity index (χ0) is 14.3. The van der Waals surface area contributed by atoms with E-state index >= 15 is 0 Å². The van der Waals surface area contributed by atoms with E-state index in [9.17, 15) is 13.2 Å². The van der Waals surface area contributed by atoms with Crippen LogP contribution in [0.15, 0.2) is 18.5 Å². The highest BCUT2D eigenvalue weighted by atomic mass is 19.4. The Morgan fingerprint density at radius 1 is 1.53 bits per heavy atom. The van der Waals surface area contributed by atoms with E-state index < -0.39 is 12.3 Å². The van der Waals surface area contributed by atoms with Gasteiger partial charge in [-0.3, -0.25) is 0 Å². The van der Waals surface area contributed by atoms with E-state index in [2.05, 4.69) is 0 Å². The minimum absolute atomic E-state index is 0.0123. The molecule has 0 aromatic carbocycles. The Hall–Kier alpha value is -1.01. The molecule has 0 aliphatic carbocycles. The lowest BCUT2D eigenvalue weighted by Gasteiger charge is -2.19. The molecule has 0 radical (unpaired) electrons. The molecule has 19 heavy (non-hydrogen) atoms. The van der Waals surface area contributed by atoms with Crippen LogP contribution in [-0.2, 0) is 11.3 Å². The first-order chi connectivity index (χ1) is 8.67. The van der Waals surface area contributed by atoms with Crippen LogP contribution >= 0.6 is 0 Å². The average molecular weight is 277 g/mol. The van der Waals surface area contributed by atoms with Crippen LogP contribution in [0.1, 0.15) is 38.4 Å². The van der Waals surface area contributed by atoms with Gasteiger partial charge in [0, 0.05) is 24.5 Å². The zero-order valence-corrected chi connectivity index (χ0v) is 10.9. The summed E-state index contributed by atoms with van der Waals surface area (Å²) in [5, 5.41) is 9.14. The van der Waals surface area contributed by atoms with Gasteiger partial charge in [-0.25, -0.2) is 0 Å². The van der Waals surface area contributed by atoms with Crippen molar-refractivity contribution >= 4 is 0 Å². The van der Waals surface area contributed by atoms with Crippen molar-refractivity contribution in [2.24, 2.45) is 0 Å². The second-order valence-corrected chi connectivity index (χ2v) is 5.62. The van der Waals surface area contributed by atoms with Crippen LogP contribution in [0, 0.1) is 0 Å². The molecular weight excluding hydrogens is 259 g/mol. The van der Waals surface area contributed by atoms with Gasteiger partial charge in [0.1, 0.15) is 0 Å². The number of hydrogen-bond donors (Lipinski definition) is 1. The van der Waals surface area contributed by atoms with Crippen molar-refractivity contribution in [1.29, 1.82) is 0 Å². The van der Waals surface area contributed by atoms with E-state index in [0.717, 1.165) is 12.8 Å². The van der Waals surface area contributed by atoms with Gasteiger partial charge in [0.15, 0.2) is 6.10 Å². The van der Waals surface area contributed by atoms with Crippen LogP contribution in [-0.4, -0.2) is 27.6 Å². The van der Waals surface area contributed by atoms with E-state index in [4.69, 9.17) is 9.84 Å². The molecule has 0 spiro atoms. The molecule has 0 amide bonds. The summed E-state index contributed by atoms with van der Waals surface area (Å²) in [5.74, 6) is 0. The predicted molar refractivity (Wildman–Crippen MR) is 63.6 cm³/mol. The van der Waals surface area contributed by atoms with Crippen molar-refractivity contribution in [3.05, 3.63) is 24.0 Å². The van der Waals surface area contributed by atoms with Crippen molar-refractivity contribution in [2.45, 2.75) is 57.2 Å². The molecule has 3 nitrogen and oxygen atoms in total. The number of aromatic nitrogens is 1. The monoisotopic (exact) mass is 277 g/mol. The van der Waals surface area contributed by atoms with E-state index in [0.29, 0.717) is 6.54 Å². The SMILES string of the molecule is CC1(C)CCC(Cn2ccc(C(O)C(F)(F)F)c2)O1. The second-order valence-electron chi connectivity index (χ2n) is 5.62. The maximum Gasteiger partial charge on any atom is 0.418 e. The summed E-state index contributed by atoms with van der Waals surface area (Å²) in [4.78, 5) is 0. The zero-order valence-electron chi connectivity index (χ0n) is 10.9. The molecule has 1 aromatic rings. The van der Waals surface area contributed by atoms with E-state index in [1.54, 1.807) is 10.8 Å². The van der Waals surface area contributed by atoms with E-state index in [1.807, 2.05) is 13.8 Å². The molecule has 108 valence electrons. The second kappa shape index (κ2) is 4.83. The van der Waals surface area contributed by atoms with Gasteiger partial charge in [-0.2, -0.15) is 13.2 Å². The number of ether oxygens (including phenoxy) is 1. The number of alkyl halides is 3. The summed E-state index contributed by atoms with van der Waals surface area (Å²) >= 11 is 0. The molecule has 2 rings (SSSR count). The number of nitrogens with zero attached hydrogens (tertiary/aromatic N) is 1. The van der Waals surface area contributed by atoms with Crippen molar-refractivity contribution in [2.75, 3.05) is 0 Å². The lowest BCUT2D eigenvalue weighted by atomic mass is 10.1. The van der Waals surface area contributed by atoms with E-state index in [-0.39, 0.29) is 17.3 Å². The van der Waals surface area contributed by atoms with Crippen LogP contribution in [0.5, 0.6) is 0 Å². The van der Waals surface area contributed by atoms with Crippen molar-refractivity contribution in [3.8, 4) is 0 Å². The van der Waals surface area contributed by atoms with Crippen molar-refractivity contribution < 1.29 is 23.0 Å². The minimum atomic E-state index is -4.63. The summed E-state index contributed by atoms with van der Waals surface area (Å²) in [7, 11) is 0. The first kappa shape index (κ1) is 14.4. The molecule has 1 aliphatic rings. The summed E-state index contributed by atoms with van der Waals surface area (Å²) < 4.78 is 44.5. The molecule has 1 aliphatic heterocycles. The minimum Gasteiger partial charge on any atom is -0.379 e. The molecule has 1 fully saturated rings. The normalized spacial score (nSPS) is 24.6. The maximum absolute atomic E-state index is 12.4. The molecule has 2 heterocycles. The Bertz CT molecular complexity index is 439. The molecular formula is C13H18F3NO2. The Balaban J connectivity index is 1.99. The molecule has 2 atom stereocenters. The number of hydrogen-bond acceptors (Lipinski definition) is 2. The molecule has 0 saturated carbocycles. The Morgan fingerprint density at radius 2 is 2.21 bits per heavy atom. The third-order valence-electron chi connectivity index (χ3n) is 3.37.